The number of nitriles is 1. The van der Waals surface area contributed by atoms with Crippen molar-refractivity contribution in [1.82, 2.24) is 5.32 Å². The van der Waals surface area contributed by atoms with E-state index in [9.17, 15) is 4.79 Å². The molecule has 0 aromatic rings. The molecule has 0 aromatic heterocycles. The van der Waals surface area contributed by atoms with Crippen LogP contribution in [0.4, 0.5) is 0 Å². The van der Waals surface area contributed by atoms with E-state index >= 15 is 0 Å². The number of hydrogen-bond donors (Lipinski definition) is 1. The van der Waals surface area contributed by atoms with Crippen molar-refractivity contribution in [3.63, 3.8) is 0 Å². The Morgan fingerprint density at radius 2 is 2.15 bits per heavy atom. The van der Waals surface area contributed by atoms with Crippen LogP contribution in [0.15, 0.2) is 0 Å². The average Bonchev–Trinajstić information content (AvgIpc) is 2.85. The van der Waals surface area contributed by atoms with Crippen molar-refractivity contribution in [2.75, 3.05) is 0 Å². The smallest absolute Gasteiger partial charge is 0.224 e. The van der Waals surface area contributed by atoms with Gasteiger partial charge in [0.15, 0.2) is 0 Å². The summed E-state index contributed by atoms with van der Waals surface area (Å²) in [6, 6.07) is 2.05. The molecule has 1 saturated carbocycles. The van der Waals surface area contributed by atoms with Crippen LogP contribution in [-0.4, -0.2) is 11.4 Å². The highest BCUT2D eigenvalue weighted by atomic mass is 16.2. The van der Waals surface area contributed by atoms with Crippen molar-refractivity contribution in [3.05, 3.63) is 0 Å². The summed E-state index contributed by atoms with van der Waals surface area (Å²) in [5.41, 5.74) is -0.736. The van der Waals surface area contributed by atoms with Crippen molar-refractivity contribution in [2.45, 2.75) is 39.2 Å². The van der Waals surface area contributed by atoms with Gasteiger partial charge in [-0.05, 0) is 32.6 Å². The van der Waals surface area contributed by atoms with Gasteiger partial charge in [-0.3, -0.25) is 4.79 Å². The van der Waals surface area contributed by atoms with Gasteiger partial charge in [-0.15, -0.1) is 0 Å². The Morgan fingerprint density at radius 3 is 2.54 bits per heavy atom. The fraction of sp³-hybridized carbons (Fsp3) is 0.800. The lowest BCUT2D eigenvalue weighted by atomic mass is 10.0. The van der Waals surface area contributed by atoms with Gasteiger partial charge < -0.3 is 5.32 Å². The number of amides is 1. The second kappa shape index (κ2) is 3.37. The average molecular weight is 180 g/mol. The Labute approximate surface area is 79.1 Å². The molecule has 1 N–H and O–H groups in total. The molecule has 3 heteroatoms. The zero-order valence-electron chi connectivity index (χ0n) is 8.42. The lowest BCUT2D eigenvalue weighted by molar-refractivity contribution is -0.126. The molecular weight excluding hydrogens is 164 g/mol. The predicted octanol–water partition coefficient (Wildman–Crippen LogP) is 1.45. The molecule has 1 rings (SSSR count). The number of carbonyl (C=O) groups is 1. The molecule has 72 valence electrons. The summed E-state index contributed by atoms with van der Waals surface area (Å²) < 4.78 is 0. The number of rotatable bonds is 3. The SMILES string of the molecule is CC(C(=O)NC(C)(C)C#N)C1CC1. The van der Waals surface area contributed by atoms with Crippen LogP contribution in [0.5, 0.6) is 0 Å². The van der Waals surface area contributed by atoms with E-state index in [1.807, 2.05) is 6.92 Å². The molecule has 1 aliphatic carbocycles. The Balaban J connectivity index is 2.45. The Morgan fingerprint density at radius 1 is 1.62 bits per heavy atom. The predicted molar refractivity (Wildman–Crippen MR) is 49.7 cm³/mol. The molecule has 1 atom stereocenters. The zero-order chi connectivity index (χ0) is 10.1. The summed E-state index contributed by atoms with van der Waals surface area (Å²) in [6.45, 7) is 5.36. The lowest BCUT2D eigenvalue weighted by Gasteiger charge is -2.20. The van der Waals surface area contributed by atoms with Crippen molar-refractivity contribution in [3.8, 4) is 6.07 Å². The standard InChI is InChI=1S/C10H16N2O/c1-7(8-4-5-8)9(13)12-10(2,3)6-11/h7-8H,4-5H2,1-3H3,(H,12,13). The minimum atomic E-state index is -0.736. The van der Waals surface area contributed by atoms with Gasteiger partial charge in [-0.25, -0.2) is 0 Å². The van der Waals surface area contributed by atoms with E-state index in [0.717, 1.165) is 12.8 Å². The van der Waals surface area contributed by atoms with Gasteiger partial charge >= 0.3 is 0 Å². The van der Waals surface area contributed by atoms with Gasteiger partial charge in [0, 0.05) is 5.92 Å². The first-order valence-corrected chi connectivity index (χ1v) is 4.69. The van der Waals surface area contributed by atoms with Crippen molar-refractivity contribution in [2.24, 2.45) is 11.8 Å². The van der Waals surface area contributed by atoms with Crippen LogP contribution in [0.25, 0.3) is 0 Å². The summed E-state index contributed by atoms with van der Waals surface area (Å²) in [6.07, 6.45) is 2.31. The quantitative estimate of drug-likeness (QED) is 0.714. The third kappa shape index (κ3) is 2.73. The Kier molecular flexibility index (Phi) is 2.60. The Bertz CT molecular complexity index is 248. The minimum absolute atomic E-state index is 0.00838. The van der Waals surface area contributed by atoms with Gasteiger partial charge in [-0.2, -0.15) is 5.26 Å². The van der Waals surface area contributed by atoms with Crippen LogP contribution < -0.4 is 5.32 Å². The van der Waals surface area contributed by atoms with E-state index in [1.54, 1.807) is 13.8 Å². The second-order valence-corrected chi connectivity index (χ2v) is 4.35. The second-order valence-electron chi connectivity index (χ2n) is 4.35. The first-order chi connectivity index (χ1) is 5.96. The first-order valence-electron chi connectivity index (χ1n) is 4.69. The number of hydrogen-bond acceptors (Lipinski definition) is 2. The van der Waals surface area contributed by atoms with E-state index in [0.29, 0.717) is 5.92 Å². The maximum absolute atomic E-state index is 11.5. The largest absolute Gasteiger partial charge is 0.338 e. The van der Waals surface area contributed by atoms with Crippen LogP contribution in [0, 0.1) is 23.2 Å². The number of nitrogens with zero attached hydrogens (tertiary/aromatic N) is 1. The normalized spacial score (nSPS) is 18.9. The summed E-state index contributed by atoms with van der Waals surface area (Å²) in [5.74, 6) is 0.621. The lowest BCUT2D eigenvalue weighted by Crippen LogP contribution is -2.44. The number of carbonyl (C=O) groups excluding carboxylic acids is 1. The molecule has 1 fully saturated rings. The van der Waals surface area contributed by atoms with Crippen LogP contribution in [0.3, 0.4) is 0 Å². The van der Waals surface area contributed by atoms with Crippen LogP contribution in [0.1, 0.15) is 33.6 Å². The van der Waals surface area contributed by atoms with Gasteiger partial charge in [0.05, 0.1) is 6.07 Å². The summed E-state index contributed by atoms with van der Waals surface area (Å²) in [4.78, 5) is 11.5. The van der Waals surface area contributed by atoms with Gasteiger partial charge in [0.25, 0.3) is 0 Å². The topological polar surface area (TPSA) is 52.9 Å². The zero-order valence-corrected chi connectivity index (χ0v) is 8.42. The highest BCUT2D eigenvalue weighted by Crippen LogP contribution is 2.36. The maximum Gasteiger partial charge on any atom is 0.224 e. The monoisotopic (exact) mass is 180 g/mol. The maximum atomic E-state index is 11.5. The van der Waals surface area contributed by atoms with Crippen LogP contribution in [-0.2, 0) is 4.79 Å². The van der Waals surface area contributed by atoms with Crippen LogP contribution in [0.2, 0.25) is 0 Å². The molecule has 1 amide bonds. The van der Waals surface area contributed by atoms with E-state index < -0.39 is 5.54 Å². The van der Waals surface area contributed by atoms with Gasteiger partial charge in [-0.1, -0.05) is 6.92 Å². The van der Waals surface area contributed by atoms with Gasteiger partial charge in [0.2, 0.25) is 5.91 Å². The van der Waals surface area contributed by atoms with E-state index in [-0.39, 0.29) is 11.8 Å². The molecule has 1 aliphatic rings. The van der Waals surface area contributed by atoms with E-state index in [4.69, 9.17) is 5.26 Å². The summed E-state index contributed by atoms with van der Waals surface area (Å²) in [7, 11) is 0. The summed E-state index contributed by atoms with van der Waals surface area (Å²) in [5, 5.41) is 11.4. The van der Waals surface area contributed by atoms with Crippen LogP contribution >= 0.6 is 0 Å². The molecule has 0 saturated heterocycles. The first kappa shape index (κ1) is 10.0. The van der Waals surface area contributed by atoms with Crippen molar-refractivity contribution in [1.29, 1.82) is 5.26 Å². The summed E-state index contributed by atoms with van der Waals surface area (Å²) >= 11 is 0. The Hall–Kier alpha value is -1.04. The molecule has 0 spiro atoms. The molecule has 0 aliphatic heterocycles. The molecule has 3 nitrogen and oxygen atoms in total. The molecular formula is C10H16N2O. The molecule has 0 bridgehead atoms. The van der Waals surface area contributed by atoms with Gasteiger partial charge in [0.1, 0.15) is 5.54 Å². The highest BCUT2D eigenvalue weighted by Gasteiger charge is 2.34. The molecule has 13 heavy (non-hydrogen) atoms. The van der Waals surface area contributed by atoms with E-state index in [2.05, 4.69) is 11.4 Å². The molecule has 0 aromatic carbocycles. The van der Waals surface area contributed by atoms with E-state index in [1.165, 1.54) is 0 Å². The third-order valence-corrected chi connectivity index (χ3v) is 2.46. The van der Waals surface area contributed by atoms with Crippen molar-refractivity contribution < 1.29 is 4.79 Å². The molecule has 1 unspecified atom stereocenters. The highest BCUT2D eigenvalue weighted by molar-refractivity contribution is 5.80. The molecule has 0 heterocycles. The third-order valence-electron chi connectivity index (χ3n) is 2.46. The number of nitrogens with one attached hydrogen (secondary N) is 1. The molecule has 0 radical (unpaired) electrons. The van der Waals surface area contributed by atoms with Crippen molar-refractivity contribution >= 4 is 5.91 Å². The fourth-order valence-electron chi connectivity index (χ4n) is 1.26. The fourth-order valence-corrected chi connectivity index (χ4v) is 1.26. The minimum Gasteiger partial charge on any atom is -0.338 e.